The Balaban J connectivity index is 2.14. The smallest absolute Gasteiger partial charge is 0.236 e. The van der Waals surface area contributed by atoms with E-state index in [1.807, 2.05) is 0 Å². The van der Waals surface area contributed by atoms with Crippen molar-refractivity contribution in [3.05, 3.63) is 56.5 Å². The summed E-state index contributed by atoms with van der Waals surface area (Å²) in [4.78, 5) is 24.9. The van der Waals surface area contributed by atoms with Gasteiger partial charge in [0.25, 0.3) is 0 Å². The third-order valence-electron chi connectivity index (χ3n) is 3.41. The Morgan fingerprint density at radius 1 is 0.840 bits per heavy atom. The minimum atomic E-state index is -0.940. The first kappa shape index (κ1) is 19.9. The van der Waals surface area contributed by atoms with Crippen molar-refractivity contribution in [1.29, 1.82) is 0 Å². The highest BCUT2D eigenvalue weighted by atomic mass is 35.5. The molecule has 2 aromatic rings. The van der Waals surface area contributed by atoms with Crippen molar-refractivity contribution in [3.8, 4) is 0 Å². The first-order valence-corrected chi connectivity index (χ1v) is 8.84. The standard InChI is InChI=1S/C17H14Cl4N2O2/c1-2-11(16(24)22-14-7-9(18)3-5-12(14)20)17(25)23-15-8-10(19)4-6-13(15)21/h3-8,11H,2H2,1H3,(H,22,24)(H,23,25). The van der Waals surface area contributed by atoms with E-state index in [9.17, 15) is 9.59 Å². The lowest BCUT2D eigenvalue weighted by Crippen LogP contribution is -2.33. The van der Waals surface area contributed by atoms with Crippen LogP contribution in [0.4, 0.5) is 11.4 Å². The Labute approximate surface area is 165 Å². The fraction of sp³-hybridized carbons (Fsp3) is 0.176. The second-order valence-electron chi connectivity index (χ2n) is 5.19. The second-order valence-corrected chi connectivity index (χ2v) is 6.87. The molecular weight excluding hydrogens is 406 g/mol. The Hall–Kier alpha value is -1.46. The predicted octanol–water partition coefficient (Wildman–Crippen LogP) is 5.90. The van der Waals surface area contributed by atoms with Crippen molar-refractivity contribution in [3.63, 3.8) is 0 Å². The molecule has 0 saturated heterocycles. The normalized spacial score (nSPS) is 10.6. The first-order chi connectivity index (χ1) is 11.8. The zero-order valence-corrected chi connectivity index (χ0v) is 16.1. The van der Waals surface area contributed by atoms with E-state index < -0.39 is 17.7 Å². The van der Waals surface area contributed by atoms with Gasteiger partial charge in [0, 0.05) is 10.0 Å². The predicted molar refractivity (Wildman–Crippen MR) is 104 cm³/mol. The van der Waals surface area contributed by atoms with Gasteiger partial charge in [-0.15, -0.1) is 0 Å². The number of carbonyl (C=O) groups is 2. The largest absolute Gasteiger partial charge is 0.324 e. The van der Waals surface area contributed by atoms with E-state index in [1.165, 1.54) is 12.1 Å². The van der Waals surface area contributed by atoms with Gasteiger partial charge in [-0.05, 0) is 42.8 Å². The maximum Gasteiger partial charge on any atom is 0.236 e. The van der Waals surface area contributed by atoms with Gasteiger partial charge in [-0.2, -0.15) is 0 Å². The second kappa shape index (κ2) is 8.77. The number of carbonyl (C=O) groups excluding carboxylic acids is 2. The molecule has 2 rings (SSSR count). The molecule has 0 atom stereocenters. The number of halogens is 4. The van der Waals surface area contributed by atoms with Crippen LogP contribution in [-0.2, 0) is 9.59 Å². The quantitative estimate of drug-likeness (QED) is 0.592. The number of hydrogen-bond acceptors (Lipinski definition) is 2. The van der Waals surface area contributed by atoms with Crippen LogP contribution in [0.1, 0.15) is 13.3 Å². The fourth-order valence-electron chi connectivity index (χ4n) is 2.12. The topological polar surface area (TPSA) is 58.2 Å². The third kappa shape index (κ3) is 5.25. The van der Waals surface area contributed by atoms with E-state index in [0.29, 0.717) is 31.5 Å². The van der Waals surface area contributed by atoms with Crippen molar-refractivity contribution < 1.29 is 9.59 Å². The highest BCUT2D eigenvalue weighted by Crippen LogP contribution is 2.28. The molecule has 0 bridgehead atoms. The van der Waals surface area contributed by atoms with Crippen LogP contribution in [0.5, 0.6) is 0 Å². The average molecular weight is 420 g/mol. The van der Waals surface area contributed by atoms with Crippen molar-refractivity contribution in [1.82, 2.24) is 0 Å². The lowest BCUT2D eigenvalue weighted by molar-refractivity contribution is -0.129. The molecule has 0 radical (unpaired) electrons. The van der Waals surface area contributed by atoms with Crippen LogP contribution in [0.25, 0.3) is 0 Å². The lowest BCUT2D eigenvalue weighted by Gasteiger charge is -2.16. The number of hydrogen-bond donors (Lipinski definition) is 2. The van der Waals surface area contributed by atoms with E-state index in [0.717, 1.165) is 0 Å². The summed E-state index contributed by atoms with van der Waals surface area (Å²) in [7, 11) is 0. The number of benzene rings is 2. The monoisotopic (exact) mass is 418 g/mol. The van der Waals surface area contributed by atoms with Crippen LogP contribution in [-0.4, -0.2) is 11.8 Å². The molecule has 2 amide bonds. The van der Waals surface area contributed by atoms with E-state index in [2.05, 4.69) is 10.6 Å². The number of amides is 2. The Bertz CT molecular complexity index is 746. The van der Waals surface area contributed by atoms with E-state index in [4.69, 9.17) is 46.4 Å². The average Bonchev–Trinajstić information content (AvgIpc) is 2.55. The molecule has 132 valence electrons. The minimum Gasteiger partial charge on any atom is -0.324 e. The minimum absolute atomic E-state index is 0.286. The third-order valence-corrected chi connectivity index (χ3v) is 4.54. The van der Waals surface area contributed by atoms with Gasteiger partial charge in [0.05, 0.1) is 21.4 Å². The van der Waals surface area contributed by atoms with Crippen molar-refractivity contribution in [2.45, 2.75) is 13.3 Å². The zero-order chi connectivity index (χ0) is 18.6. The van der Waals surface area contributed by atoms with E-state index in [1.54, 1.807) is 31.2 Å². The molecule has 0 aliphatic rings. The van der Waals surface area contributed by atoms with Crippen LogP contribution in [0.15, 0.2) is 36.4 Å². The van der Waals surface area contributed by atoms with Gasteiger partial charge < -0.3 is 10.6 Å². The first-order valence-electron chi connectivity index (χ1n) is 7.33. The van der Waals surface area contributed by atoms with Gasteiger partial charge in [0.15, 0.2) is 0 Å². The summed E-state index contributed by atoms with van der Waals surface area (Å²) in [6.07, 6.45) is 0.286. The number of nitrogens with one attached hydrogen (secondary N) is 2. The lowest BCUT2D eigenvalue weighted by atomic mass is 10.0. The molecule has 0 fully saturated rings. The van der Waals surface area contributed by atoms with Gasteiger partial charge in [0.1, 0.15) is 5.92 Å². The van der Waals surface area contributed by atoms with Crippen LogP contribution in [0, 0.1) is 5.92 Å². The van der Waals surface area contributed by atoms with Crippen molar-refractivity contribution in [2.75, 3.05) is 10.6 Å². The summed E-state index contributed by atoms with van der Waals surface area (Å²) < 4.78 is 0. The molecule has 4 nitrogen and oxygen atoms in total. The molecule has 8 heteroatoms. The molecule has 2 aromatic carbocycles. The molecule has 0 aliphatic carbocycles. The zero-order valence-electron chi connectivity index (χ0n) is 13.1. The number of anilines is 2. The van der Waals surface area contributed by atoms with Gasteiger partial charge in [-0.3, -0.25) is 9.59 Å². The Morgan fingerprint density at radius 2 is 1.24 bits per heavy atom. The molecule has 0 aliphatic heterocycles. The SMILES string of the molecule is CCC(C(=O)Nc1cc(Cl)ccc1Cl)C(=O)Nc1cc(Cl)ccc1Cl. The molecular formula is C17H14Cl4N2O2. The summed E-state index contributed by atoms with van der Waals surface area (Å²) in [6, 6.07) is 9.36. The highest BCUT2D eigenvalue weighted by Gasteiger charge is 2.26. The van der Waals surface area contributed by atoms with Gasteiger partial charge in [0.2, 0.25) is 11.8 Å². The molecule has 0 heterocycles. The molecule has 25 heavy (non-hydrogen) atoms. The van der Waals surface area contributed by atoms with Crippen molar-refractivity contribution >= 4 is 69.6 Å². The number of rotatable bonds is 5. The van der Waals surface area contributed by atoms with Gasteiger partial charge in [-0.25, -0.2) is 0 Å². The van der Waals surface area contributed by atoms with Gasteiger partial charge in [-0.1, -0.05) is 53.3 Å². The Kier molecular flexibility index (Phi) is 6.96. The summed E-state index contributed by atoms with van der Waals surface area (Å²) in [5.74, 6) is -1.94. The maximum absolute atomic E-state index is 12.5. The molecule has 0 spiro atoms. The molecule has 2 N–H and O–H groups in total. The van der Waals surface area contributed by atoms with E-state index >= 15 is 0 Å². The molecule has 0 saturated carbocycles. The molecule has 0 aromatic heterocycles. The summed E-state index contributed by atoms with van der Waals surface area (Å²) >= 11 is 23.9. The maximum atomic E-state index is 12.5. The van der Waals surface area contributed by atoms with Crippen LogP contribution in [0.3, 0.4) is 0 Å². The van der Waals surface area contributed by atoms with Gasteiger partial charge >= 0.3 is 0 Å². The summed E-state index contributed by atoms with van der Waals surface area (Å²) in [5, 5.41) is 6.73. The van der Waals surface area contributed by atoms with Crippen LogP contribution < -0.4 is 10.6 Å². The summed E-state index contributed by atoms with van der Waals surface area (Å²) in [6.45, 7) is 1.73. The highest BCUT2D eigenvalue weighted by molar-refractivity contribution is 6.36. The summed E-state index contributed by atoms with van der Waals surface area (Å²) in [5.41, 5.74) is 0.678. The Morgan fingerprint density at radius 3 is 1.60 bits per heavy atom. The van der Waals surface area contributed by atoms with Crippen molar-refractivity contribution in [2.24, 2.45) is 5.92 Å². The fourth-order valence-corrected chi connectivity index (χ4v) is 2.79. The van der Waals surface area contributed by atoms with Crippen LogP contribution >= 0.6 is 46.4 Å². The molecule has 0 unspecified atom stereocenters. The van der Waals surface area contributed by atoms with E-state index in [-0.39, 0.29) is 6.42 Å². The van der Waals surface area contributed by atoms with Crippen LogP contribution in [0.2, 0.25) is 20.1 Å².